The van der Waals surface area contributed by atoms with E-state index in [0.29, 0.717) is 0 Å². The van der Waals surface area contributed by atoms with Gasteiger partial charge in [0.1, 0.15) is 0 Å². The molecule has 5 heteroatoms. The van der Waals surface area contributed by atoms with E-state index in [4.69, 9.17) is 0 Å². The third-order valence-electron chi connectivity index (χ3n) is 2.95. The van der Waals surface area contributed by atoms with Crippen molar-refractivity contribution in [1.29, 1.82) is 0 Å². The largest absolute Gasteiger partial charge is 0.323 e. The molecule has 17 heavy (non-hydrogen) atoms. The number of imidazole rings is 1. The lowest BCUT2D eigenvalue weighted by molar-refractivity contribution is 0.402. The Morgan fingerprint density at radius 2 is 1.94 bits per heavy atom. The van der Waals surface area contributed by atoms with Gasteiger partial charge in [0.2, 0.25) is 0 Å². The Morgan fingerprint density at radius 1 is 1.24 bits per heavy atom. The number of pyridine rings is 1. The number of hydrogen-bond donors (Lipinski definition) is 3. The maximum Gasteiger partial charge on any atom is 0.323 e. The van der Waals surface area contributed by atoms with Gasteiger partial charge in [0, 0.05) is 6.20 Å². The highest BCUT2D eigenvalue weighted by atomic mass is 16.1. The third-order valence-corrected chi connectivity index (χ3v) is 2.95. The van der Waals surface area contributed by atoms with Crippen molar-refractivity contribution in [2.75, 3.05) is 13.1 Å². The number of aromatic amines is 2. The molecule has 1 aliphatic heterocycles. The standard InChI is InChI=1S/C6H5N3O.C6H13N/c10-6-8-4-1-2-7-3-5(4)9-6;1-6-2-4-7-5-3-6/h1-3H,(H2,8,9,10);6-7H,2-5H2,1H3. The molecule has 3 heterocycles. The van der Waals surface area contributed by atoms with Crippen LogP contribution in [-0.4, -0.2) is 28.0 Å². The Morgan fingerprint density at radius 3 is 2.53 bits per heavy atom. The Hall–Kier alpha value is -1.62. The van der Waals surface area contributed by atoms with Gasteiger partial charge in [-0.05, 0) is 37.9 Å². The molecule has 0 amide bonds. The summed E-state index contributed by atoms with van der Waals surface area (Å²) < 4.78 is 0. The highest BCUT2D eigenvalue weighted by molar-refractivity contribution is 5.72. The highest BCUT2D eigenvalue weighted by Gasteiger charge is 2.05. The molecule has 0 aliphatic carbocycles. The molecule has 1 saturated heterocycles. The van der Waals surface area contributed by atoms with E-state index in [1.807, 2.05) is 0 Å². The molecule has 3 rings (SSSR count). The maximum absolute atomic E-state index is 10.6. The zero-order valence-corrected chi connectivity index (χ0v) is 9.99. The van der Waals surface area contributed by atoms with Crippen molar-refractivity contribution in [2.24, 2.45) is 5.92 Å². The van der Waals surface area contributed by atoms with Crippen LogP contribution < -0.4 is 11.0 Å². The summed E-state index contributed by atoms with van der Waals surface area (Å²) in [7, 11) is 0. The number of piperidine rings is 1. The lowest BCUT2D eigenvalue weighted by Gasteiger charge is -2.17. The minimum absolute atomic E-state index is 0.192. The minimum atomic E-state index is -0.192. The molecule has 3 N–H and O–H groups in total. The smallest absolute Gasteiger partial charge is 0.317 e. The molecule has 0 spiro atoms. The van der Waals surface area contributed by atoms with E-state index in [1.54, 1.807) is 18.5 Å². The SMILES string of the molecule is CC1CCNCC1.O=c1[nH]c2ccncc2[nH]1. The van der Waals surface area contributed by atoms with Crippen LogP contribution in [0.15, 0.2) is 23.3 Å². The molecular formula is C12H18N4O. The quantitative estimate of drug-likeness (QED) is 0.642. The second-order valence-corrected chi connectivity index (χ2v) is 4.43. The van der Waals surface area contributed by atoms with Gasteiger partial charge in [-0.1, -0.05) is 6.92 Å². The van der Waals surface area contributed by atoms with Gasteiger partial charge in [0.25, 0.3) is 0 Å². The predicted octanol–water partition coefficient (Wildman–Crippen LogP) is 1.26. The van der Waals surface area contributed by atoms with Crippen molar-refractivity contribution in [1.82, 2.24) is 20.3 Å². The van der Waals surface area contributed by atoms with Gasteiger partial charge >= 0.3 is 5.69 Å². The predicted molar refractivity (Wildman–Crippen MR) is 68.0 cm³/mol. The van der Waals surface area contributed by atoms with Crippen LogP contribution in [0, 0.1) is 5.92 Å². The van der Waals surface area contributed by atoms with Crippen molar-refractivity contribution in [2.45, 2.75) is 19.8 Å². The van der Waals surface area contributed by atoms with E-state index in [1.165, 1.54) is 25.9 Å². The van der Waals surface area contributed by atoms with Crippen LogP contribution in [0.2, 0.25) is 0 Å². The summed E-state index contributed by atoms with van der Waals surface area (Å²) in [5.41, 5.74) is 1.34. The summed E-state index contributed by atoms with van der Waals surface area (Å²) in [5, 5.41) is 3.32. The summed E-state index contributed by atoms with van der Waals surface area (Å²) in [5.74, 6) is 0.973. The highest BCUT2D eigenvalue weighted by Crippen LogP contribution is 2.08. The normalized spacial score (nSPS) is 16.5. The Labute approximate surface area is 99.7 Å². The van der Waals surface area contributed by atoms with Crippen LogP contribution in [0.3, 0.4) is 0 Å². The van der Waals surface area contributed by atoms with E-state index in [9.17, 15) is 4.79 Å². The number of H-pyrrole nitrogens is 2. The van der Waals surface area contributed by atoms with Gasteiger partial charge in [-0.2, -0.15) is 0 Å². The number of nitrogens with zero attached hydrogens (tertiary/aromatic N) is 1. The van der Waals surface area contributed by atoms with Crippen LogP contribution in [0.1, 0.15) is 19.8 Å². The van der Waals surface area contributed by atoms with Crippen molar-refractivity contribution in [3.05, 3.63) is 28.9 Å². The van der Waals surface area contributed by atoms with Gasteiger partial charge < -0.3 is 15.3 Å². The number of aromatic nitrogens is 3. The van der Waals surface area contributed by atoms with Crippen LogP contribution in [0.4, 0.5) is 0 Å². The van der Waals surface area contributed by atoms with E-state index < -0.39 is 0 Å². The van der Waals surface area contributed by atoms with Crippen molar-refractivity contribution in [3.8, 4) is 0 Å². The molecule has 0 unspecified atom stereocenters. The second-order valence-electron chi connectivity index (χ2n) is 4.43. The molecule has 5 nitrogen and oxygen atoms in total. The summed E-state index contributed by atoms with van der Waals surface area (Å²) in [6.45, 7) is 4.79. The fourth-order valence-electron chi connectivity index (χ4n) is 1.85. The number of hydrogen-bond acceptors (Lipinski definition) is 3. The van der Waals surface area contributed by atoms with Gasteiger partial charge in [-0.3, -0.25) is 4.98 Å². The topological polar surface area (TPSA) is 73.6 Å². The van der Waals surface area contributed by atoms with Gasteiger partial charge in [0.15, 0.2) is 0 Å². The molecular weight excluding hydrogens is 216 g/mol. The average Bonchev–Trinajstić information content (AvgIpc) is 2.71. The molecule has 2 aromatic rings. The zero-order chi connectivity index (χ0) is 12.1. The first-order valence-electron chi connectivity index (χ1n) is 5.98. The Kier molecular flexibility index (Phi) is 3.93. The average molecular weight is 234 g/mol. The summed E-state index contributed by atoms with van der Waals surface area (Å²) in [6, 6.07) is 1.74. The lowest BCUT2D eigenvalue weighted by atomic mass is 10.0. The molecule has 0 saturated carbocycles. The molecule has 0 bridgehead atoms. The molecule has 1 aliphatic rings. The first-order chi connectivity index (χ1) is 8.25. The second kappa shape index (κ2) is 5.63. The lowest BCUT2D eigenvalue weighted by Crippen LogP contribution is -2.26. The first kappa shape index (κ1) is 11.9. The van der Waals surface area contributed by atoms with Gasteiger partial charge in [-0.15, -0.1) is 0 Å². The van der Waals surface area contributed by atoms with Crippen LogP contribution in [-0.2, 0) is 0 Å². The molecule has 2 aromatic heterocycles. The molecule has 0 aromatic carbocycles. The van der Waals surface area contributed by atoms with Crippen LogP contribution in [0.25, 0.3) is 11.0 Å². The van der Waals surface area contributed by atoms with E-state index in [0.717, 1.165) is 17.0 Å². The minimum Gasteiger partial charge on any atom is -0.317 e. The monoisotopic (exact) mass is 234 g/mol. The van der Waals surface area contributed by atoms with E-state index in [2.05, 4.69) is 27.2 Å². The third kappa shape index (κ3) is 3.42. The molecule has 0 radical (unpaired) electrons. The molecule has 92 valence electrons. The van der Waals surface area contributed by atoms with Crippen LogP contribution >= 0.6 is 0 Å². The number of fused-ring (bicyclic) bond motifs is 1. The van der Waals surface area contributed by atoms with Gasteiger partial charge in [0.05, 0.1) is 17.2 Å². The summed E-state index contributed by atoms with van der Waals surface area (Å²) in [4.78, 5) is 19.7. The van der Waals surface area contributed by atoms with Crippen molar-refractivity contribution >= 4 is 11.0 Å². The fraction of sp³-hybridized carbons (Fsp3) is 0.500. The molecule has 1 fully saturated rings. The Bertz CT molecular complexity index is 474. The maximum atomic E-state index is 10.6. The number of nitrogens with one attached hydrogen (secondary N) is 3. The van der Waals surface area contributed by atoms with Crippen molar-refractivity contribution in [3.63, 3.8) is 0 Å². The summed E-state index contributed by atoms with van der Waals surface area (Å²) >= 11 is 0. The first-order valence-corrected chi connectivity index (χ1v) is 5.98. The van der Waals surface area contributed by atoms with Crippen molar-refractivity contribution < 1.29 is 0 Å². The fourth-order valence-corrected chi connectivity index (χ4v) is 1.85. The summed E-state index contributed by atoms with van der Waals surface area (Å²) in [6.07, 6.45) is 5.99. The molecule has 0 atom stereocenters. The number of rotatable bonds is 0. The van der Waals surface area contributed by atoms with Crippen LogP contribution in [0.5, 0.6) is 0 Å². The van der Waals surface area contributed by atoms with Gasteiger partial charge in [-0.25, -0.2) is 4.79 Å². The zero-order valence-electron chi connectivity index (χ0n) is 9.99. The Balaban J connectivity index is 0.000000136. The van der Waals surface area contributed by atoms with E-state index >= 15 is 0 Å². The van der Waals surface area contributed by atoms with E-state index in [-0.39, 0.29) is 5.69 Å².